The molecule has 3 aliphatic rings. The van der Waals surface area contributed by atoms with Crippen LogP contribution >= 0.6 is 11.6 Å². The van der Waals surface area contributed by atoms with Crippen LogP contribution < -0.4 is 9.47 Å². The number of aromatic nitrogens is 6. The Labute approximate surface area is 317 Å². The van der Waals surface area contributed by atoms with Crippen LogP contribution in [0.2, 0.25) is 0 Å². The minimum absolute atomic E-state index is 0.624. The molecule has 2 aromatic carbocycles. The molecule has 9 nitrogen and oxygen atoms in total. The van der Waals surface area contributed by atoms with Gasteiger partial charge in [0.2, 0.25) is 0 Å². The van der Waals surface area contributed by atoms with Gasteiger partial charge in [0.05, 0.1) is 37.0 Å². The molecule has 9 rings (SSSR count). The first kappa shape index (κ1) is 35.6. The SMILES string of the molecule is CC1CCCN1CCCOc1ccc(-c2c3c(nc4ccnn24)CCCCC3)cc1.ClCCCOc1ccc(-c2c3c(nc4ccnn24)CCC3)cc1. The van der Waals surface area contributed by atoms with Crippen molar-refractivity contribution in [1.29, 1.82) is 0 Å². The van der Waals surface area contributed by atoms with Crippen molar-refractivity contribution in [3.8, 4) is 34.0 Å². The monoisotopic (exact) mass is 731 g/mol. The summed E-state index contributed by atoms with van der Waals surface area (Å²) in [7, 11) is 0. The molecule has 0 spiro atoms. The lowest BCUT2D eigenvalue weighted by Crippen LogP contribution is -2.28. The smallest absolute Gasteiger partial charge is 0.155 e. The van der Waals surface area contributed by atoms with Crippen molar-refractivity contribution in [2.45, 2.75) is 90.0 Å². The molecule has 4 aromatic heterocycles. The van der Waals surface area contributed by atoms with Crippen LogP contribution in [0.25, 0.3) is 33.8 Å². The average Bonchev–Trinajstić information content (AvgIpc) is 4.00. The Bertz CT molecular complexity index is 2130. The molecule has 5 heterocycles. The zero-order valence-corrected chi connectivity index (χ0v) is 31.6. The van der Waals surface area contributed by atoms with Crippen LogP contribution in [0, 0.1) is 0 Å². The van der Waals surface area contributed by atoms with Gasteiger partial charge in [-0.1, -0.05) is 6.42 Å². The van der Waals surface area contributed by atoms with Gasteiger partial charge in [-0.25, -0.2) is 19.0 Å². The molecular weight excluding hydrogens is 682 g/mol. The Balaban J connectivity index is 0.000000156. The molecule has 6 aromatic rings. The van der Waals surface area contributed by atoms with E-state index in [1.54, 1.807) is 0 Å². The number of alkyl halides is 1. The van der Waals surface area contributed by atoms with Gasteiger partial charge in [-0.15, -0.1) is 11.6 Å². The summed E-state index contributed by atoms with van der Waals surface area (Å²) < 4.78 is 15.7. The fraction of sp³-hybridized carbons (Fsp3) is 0.442. The predicted octanol–water partition coefficient (Wildman–Crippen LogP) is 8.81. The van der Waals surface area contributed by atoms with Crippen LogP contribution in [-0.4, -0.2) is 72.3 Å². The van der Waals surface area contributed by atoms with E-state index in [9.17, 15) is 0 Å². The number of halogens is 1. The fourth-order valence-corrected chi connectivity index (χ4v) is 8.34. The van der Waals surface area contributed by atoms with Crippen molar-refractivity contribution in [1.82, 2.24) is 34.1 Å². The van der Waals surface area contributed by atoms with Gasteiger partial charge in [-0.2, -0.15) is 10.2 Å². The Morgan fingerprint density at radius 2 is 1.19 bits per heavy atom. The van der Waals surface area contributed by atoms with Crippen molar-refractivity contribution in [3.63, 3.8) is 0 Å². The summed E-state index contributed by atoms with van der Waals surface area (Å²) in [4.78, 5) is 12.2. The molecule has 0 bridgehead atoms. The second kappa shape index (κ2) is 16.7. The van der Waals surface area contributed by atoms with E-state index in [4.69, 9.17) is 31.0 Å². The Kier molecular flexibility index (Phi) is 11.2. The number of hydrogen-bond acceptors (Lipinski definition) is 7. The number of benzene rings is 2. The Hall–Kier alpha value is -4.47. The minimum atomic E-state index is 0.624. The summed E-state index contributed by atoms with van der Waals surface area (Å²) in [6.45, 7) is 6.14. The molecule has 1 fully saturated rings. The van der Waals surface area contributed by atoms with Gasteiger partial charge in [-0.3, -0.25) is 0 Å². The minimum Gasteiger partial charge on any atom is -0.494 e. The largest absolute Gasteiger partial charge is 0.494 e. The lowest BCUT2D eigenvalue weighted by atomic mass is 10.0. The summed E-state index contributed by atoms with van der Waals surface area (Å²) in [6, 6.07) is 21.5. The number of aryl methyl sites for hydroxylation is 2. The molecular formula is C43H50ClN7O2. The number of nitrogens with zero attached hydrogens (tertiary/aromatic N) is 7. The maximum absolute atomic E-state index is 6.04. The highest BCUT2D eigenvalue weighted by Gasteiger charge is 2.22. The lowest BCUT2D eigenvalue weighted by Gasteiger charge is -2.20. The van der Waals surface area contributed by atoms with E-state index in [1.165, 1.54) is 84.5 Å². The first-order valence-corrected chi connectivity index (χ1v) is 20.2. The third-order valence-electron chi connectivity index (χ3n) is 11.0. The summed E-state index contributed by atoms with van der Waals surface area (Å²) in [6.07, 6.45) is 17.5. The van der Waals surface area contributed by atoms with Gasteiger partial charge in [0.25, 0.3) is 0 Å². The molecule has 2 aliphatic carbocycles. The Morgan fingerprint density at radius 1 is 0.642 bits per heavy atom. The van der Waals surface area contributed by atoms with E-state index < -0.39 is 0 Å². The van der Waals surface area contributed by atoms with Gasteiger partial charge in [-0.05, 0) is 133 Å². The topological polar surface area (TPSA) is 82.1 Å². The number of ether oxygens (including phenoxy) is 2. The zero-order chi connectivity index (χ0) is 36.0. The lowest BCUT2D eigenvalue weighted by molar-refractivity contribution is 0.230. The molecule has 1 unspecified atom stereocenters. The van der Waals surface area contributed by atoms with E-state index in [0.717, 1.165) is 86.1 Å². The quantitative estimate of drug-likeness (QED) is 0.0749. The number of rotatable bonds is 11. The summed E-state index contributed by atoms with van der Waals surface area (Å²) >= 11 is 5.68. The molecule has 1 saturated heterocycles. The van der Waals surface area contributed by atoms with Crippen LogP contribution in [0.15, 0.2) is 73.1 Å². The summed E-state index contributed by atoms with van der Waals surface area (Å²) in [5, 5.41) is 9.04. The van der Waals surface area contributed by atoms with E-state index in [1.807, 2.05) is 45.7 Å². The van der Waals surface area contributed by atoms with Crippen molar-refractivity contribution >= 4 is 22.9 Å². The van der Waals surface area contributed by atoms with E-state index in [-0.39, 0.29) is 0 Å². The molecule has 0 N–H and O–H groups in total. The van der Waals surface area contributed by atoms with Crippen LogP contribution in [0.5, 0.6) is 11.5 Å². The van der Waals surface area contributed by atoms with E-state index in [2.05, 4.69) is 58.4 Å². The van der Waals surface area contributed by atoms with Crippen molar-refractivity contribution in [2.75, 3.05) is 32.2 Å². The molecule has 10 heteroatoms. The van der Waals surface area contributed by atoms with Crippen molar-refractivity contribution in [2.24, 2.45) is 0 Å². The maximum Gasteiger partial charge on any atom is 0.155 e. The standard InChI is InChI=1S/C25H32N4O.C18H18ClN3O/c1-19-7-5-16-28(19)17-6-18-30-21-12-10-20(11-13-21)25-22-8-3-2-4-9-23(22)27-24-14-15-26-29(24)25;19-10-2-12-23-14-7-5-13(6-8-14)18-15-3-1-4-16(15)21-17-9-11-20-22(17)18/h10-15,19H,2-9,16-18H2,1H3;5-9,11H,1-4,10,12H2. The highest BCUT2D eigenvalue weighted by molar-refractivity contribution is 6.17. The van der Waals surface area contributed by atoms with E-state index >= 15 is 0 Å². The Morgan fingerprint density at radius 3 is 1.75 bits per heavy atom. The maximum atomic E-state index is 6.04. The second-order valence-corrected chi connectivity index (χ2v) is 14.9. The molecule has 1 aliphatic heterocycles. The van der Waals surface area contributed by atoms with Gasteiger partial charge in [0.1, 0.15) is 11.5 Å². The predicted molar refractivity (Wildman–Crippen MR) is 211 cm³/mol. The summed E-state index contributed by atoms with van der Waals surface area (Å²) in [5.41, 5.74) is 11.8. The highest BCUT2D eigenvalue weighted by Crippen LogP contribution is 2.34. The number of fused-ring (bicyclic) bond motifs is 4. The van der Waals surface area contributed by atoms with Crippen molar-refractivity contribution in [3.05, 3.63) is 95.6 Å². The molecule has 276 valence electrons. The van der Waals surface area contributed by atoms with E-state index in [0.29, 0.717) is 12.5 Å². The van der Waals surface area contributed by atoms with Crippen LogP contribution in [-0.2, 0) is 25.7 Å². The number of hydrogen-bond donors (Lipinski definition) is 0. The second-order valence-electron chi connectivity index (χ2n) is 14.6. The first-order valence-electron chi connectivity index (χ1n) is 19.6. The molecule has 0 amide bonds. The van der Waals surface area contributed by atoms with Gasteiger partial charge < -0.3 is 14.4 Å². The van der Waals surface area contributed by atoms with Crippen LogP contribution in [0.4, 0.5) is 0 Å². The third kappa shape index (κ3) is 7.92. The zero-order valence-electron chi connectivity index (χ0n) is 30.9. The van der Waals surface area contributed by atoms with Gasteiger partial charge in [0, 0.05) is 64.2 Å². The molecule has 0 saturated carbocycles. The average molecular weight is 732 g/mol. The highest BCUT2D eigenvalue weighted by atomic mass is 35.5. The van der Waals surface area contributed by atoms with Crippen LogP contribution in [0.3, 0.4) is 0 Å². The third-order valence-corrected chi connectivity index (χ3v) is 11.2. The van der Waals surface area contributed by atoms with Crippen LogP contribution in [0.1, 0.15) is 80.8 Å². The molecule has 0 radical (unpaired) electrons. The number of likely N-dealkylation sites (tertiary alicyclic amines) is 1. The van der Waals surface area contributed by atoms with Gasteiger partial charge >= 0.3 is 0 Å². The van der Waals surface area contributed by atoms with Crippen molar-refractivity contribution < 1.29 is 9.47 Å². The fourth-order valence-electron chi connectivity index (χ4n) is 8.23. The molecule has 53 heavy (non-hydrogen) atoms. The normalized spacial score (nSPS) is 17.0. The summed E-state index contributed by atoms with van der Waals surface area (Å²) in [5.74, 6) is 2.45. The van der Waals surface area contributed by atoms with Gasteiger partial charge in [0.15, 0.2) is 11.3 Å². The molecule has 1 atom stereocenters. The first-order chi connectivity index (χ1) is 26.2.